The van der Waals surface area contributed by atoms with Crippen molar-refractivity contribution in [1.29, 1.82) is 0 Å². The topological polar surface area (TPSA) is 73.9 Å². The molecular formula is C5H8NaO4+. The van der Waals surface area contributed by atoms with Crippen molar-refractivity contribution in [3.05, 3.63) is 12.0 Å². The second-order valence-corrected chi connectivity index (χ2v) is 1.40. The molecule has 0 aliphatic carbocycles. The SMILES string of the molecule is CC(=[OH+])OC/C([O-])=C\O.[Na+]. The maximum Gasteiger partial charge on any atom is 1.00 e. The van der Waals surface area contributed by atoms with E-state index in [9.17, 15) is 5.11 Å². The van der Waals surface area contributed by atoms with Crippen molar-refractivity contribution in [2.75, 3.05) is 6.61 Å². The van der Waals surface area contributed by atoms with Crippen LogP contribution >= 0.6 is 0 Å². The van der Waals surface area contributed by atoms with Crippen molar-refractivity contribution < 1.29 is 49.3 Å². The van der Waals surface area contributed by atoms with E-state index in [1.165, 1.54) is 6.92 Å². The molecule has 0 unspecified atom stereocenters. The van der Waals surface area contributed by atoms with Crippen LogP contribution in [0.25, 0.3) is 0 Å². The number of esters is 1. The quantitative estimate of drug-likeness (QED) is 0.193. The van der Waals surface area contributed by atoms with E-state index < -0.39 is 5.76 Å². The standard InChI is InChI=1S/C5H8O4.Na/c1-4(7)9-3-5(8)2-6;/h2,6,8H,3H2,1H3;/q;+1/b5-2+;. The van der Waals surface area contributed by atoms with Gasteiger partial charge in [0.25, 0.3) is 0 Å². The Balaban J connectivity index is 0. The molecule has 0 saturated carbocycles. The number of aliphatic hydroxyl groups excluding tert-OH is 1. The maximum atomic E-state index is 10.2. The molecule has 0 aliphatic rings. The van der Waals surface area contributed by atoms with E-state index >= 15 is 0 Å². The summed E-state index contributed by atoms with van der Waals surface area (Å²) < 4.78 is 4.33. The second kappa shape index (κ2) is 6.92. The van der Waals surface area contributed by atoms with Crippen molar-refractivity contribution in [3.8, 4) is 0 Å². The average molecular weight is 155 g/mol. The Morgan fingerprint density at radius 3 is 2.60 bits per heavy atom. The number of aliphatic hydroxyl groups is 1. The zero-order valence-corrected chi connectivity index (χ0v) is 8.00. The predicted octanol–water partition coefficient (Wildman–Crippen LogP) is -3.71. The molecule has 0 aromatic rings. The van der Waals surface area contributed by atoms with Gasteiger partial charge < -0.3 is 19.7 Å². The van der Waals surface area contributed by atoms with Gasteiger partial charge in [-0.3, -0.25) is 0 Å². The normalized spacial score (nSPS) is 9.90. The average Bonchev–Trinajstić information content (AvgIpc) is 1.83. The molecule has 0 rings (SSSR count). The van der Waals surface area contributed by atoms with E-state index in [1.807, 2.05) is 0 Å². The van der Waals surface area contributed by atoms with E-state index in [0.29, 0.717) is 6.26 Å². The van der Waals surface area contributed by atoms with Crippen molar-refractivity contribution in [1.82, 2.24) is 0 Å². The van der Waals surface area contributed by atoms with Gasteiger partial charge in [0, 0.05) is 0 Å². The Morgan fingerprint density at radius 1 is 1.80 bits per heavy atom. The fourth-order valence-electron chi connectivity index (χ4n) is 0.213. The maximum absolute atomic E-state index is 10.2. The van der Waals surface area contributed by atoms with Gasteiger partial charge in [0.1, 0.15) is 0 Å². The van der Waals surface area contributed by atoms with Crippen molar-refractivity contribution in [2.45, 2.75) is 6.92 Å². The molecule has 0 heterocycles. The minimum absolute atomic E-state index is 0. The molecule has 52 valence electrons. The molecule has 0 aliphatic heterocycles. The number of hydrogen-bond acceptors (Lipinski definition) is 3. The van der Waals surface area contributed by atoms with Gasteiger partial charge in [0.15, 0.2) is 6.61 Å². The van der Waals surface area contributed by atoms with E-state index in [2.05, 4.69) is 4.74 Å². The Hall–Kier alpha value is -0.190. The van der Waals surface area contributed by atoms with Crippen LogP contribution in [0.3, 0.4) is 0 Å². The van der Waals surface area contributed by atoms with Crippen molar-refractivity contribution in [3.63, 3.8) is 0 Å². The van der Waals surface area contributed by atoms with E-state index in [1.54, 1.807) is 0 Å². The van der Waals surface area contributed by atoms with Crippen LogP contribution in [-0.2, 0) is 4.74 Å². The molecule has 0 radical (unpaired) electrons. The smallest absolute Gasteiger partial charge is 0.869 e. The number of hydrogen-bond donors (Lipinski definition) is 1. The fraction of sp³-hybridized carbons (Fsp3) is 0.400. The van der Waals surface area contributed by atoms with E-state index in [4.69, 9.17) is 9.90 Å². The molecular weight excluding hydrogens is 147 g/mol. The van der Waals surface area contributed by atoms with Crippen molar-refractivity contribution >= 4 is 5.97 Å². The minimum Gasteiger partial charge on any atom is -0.869 e. The summed E-state index contributed by atoms with van der Waals surface area (Å²) in [4.78, 5) is 8.34. The first kappa shape index (κ1) is 12.5. The van der Waals surface area contributed by atoms with Gasteiger partial charge in [-0.05, 0) is 5.76 Å². The summed E-state index contributed by atoms with van der Waals surface area (Å²) >= 11 is 0. The first-order valence-corrected chi connectivity index (χ1v) is 2.32. The van der Waals surface area contributed by atoms with E-state index in [-0.39, 0.29) is 42.1 Å². The summed E-state index contributed by atoms with van der Waals surface area (Å²) in [7, 11) is 0. The fourth-order valence-corrected chi connectivity index (χ4v) is 0.213. The third-order valence-electron chi connectivity index (χ3n) is 0.567. The zero-order valence-electron chi connectivity index (χ0n) is 6.00. The molecule has 0 aromatic heterocycles. The Labute approximate surface area is 80.8 Å². The van der Waals surface area contributed by atoms with Gasteiger partial charge in [-0.1, -0.05) is 0 Å². The molecule has 5 heteroatoms. The minimum atomic E-state index is -0.580. The first-order chi connectivity index (χ1) is 4.16. The van der Waals surface area contributed by atoms with Crippen LogP contribution in [0.15, 0.2) is 12.0 Å². The molecule has 10 heavy (non-hydrogen) atoms. The largest absolute Gasteiger partial charge is 1.00 e. The monoisotopic (exact) mass is 155 g/mol. The molecule has 2 N–H and O–H groups in total. The van der Waals surface area contributed by atoms with Crippen molar-refractivity contribution in [2.24, 2.45) is 0 Å². The summed E-state index contributed by atoms with van der Waals surface area (Å²) in [6.07, 6.45) is 0.392. The van der Waals surface area contributed by atoms with Crippen LogP contribution in [0.5, 0.6) is 0 Å². The molecule has 0 fully saturated rings. The van der Waals surface area contributed by atoms with Crippen LogP contribution in [0, 0.1) is 0 Å². The van der Waals surface area contributed by atoms with Gasteiger partial charge in [0.05, 0.1) is 13.2 Å². The second-order valence-electron chi connectivity index (χ2n) is 1.40. The van der Waals surface area contributed by atoms with Gasteiger partial charge in [-0.25, -0.2) is 0 Å². The summed E-state index contributed by atoms with van der Waals surface area (Å²) in [6.45, 7) is 0.976. The van der Waals surface area contributed by atoms with Crippen LogP contribution in [0.1, 0.15) is 6.92 Å². The molecule has 0 bridgehead atoms. The summed E-state index contributed by atoms with van der Waals surface area (Å²) in [5.41, 5.74) is 0. The van der Waals surface area contributed by atoms with Gasteiger partial charge in [0.2, 0.25) is 0 Å². The van der Waals surface area contributed by atoms with Crippen LogP contribution in [-0.4, -0.2) is 22.5 Å². The van der Waals surface area contributed by atoms with Gasteiger partial charge in [-0.2, -0.15) is 0 Å². The molecule has 0 saturated heterocycles. The van der Waals surface area contributed by atoms with Gasteiger partial charge >= 0.3 is 35.5 Å². The van der Waals surface area contributed by atoms with Crippen LogP contribution in [0.4, 0.5) is 0 Å². The summed E-state index contributed by atoms with van der Waals surface area (Å²) in [5, 5.41) is 18.2. The molecule has 0 aromatic carbocycles. The van der Waals surface area contributed by atoms with Crippen LogP contribution < -0.4 is 34.7 Å². The first-order valence-electron chi connectivity index (χ1n) is 2.32. The molecule has 0 atom stereocenters. The third kappa shape index (κ3) is 7.81. The molecule has 4 nitrogen and oxygen atoms in total. The van der Waals surface area contributed by atoms with Gasteiger partial charge in [-0.15, -0.1) is 0 Å². The number of rotatable bonds is 2. The predicted molar refractivity (Wildman–Crippen MR) is 29.3 cm³/mol. The number of ether oxygens (including phenoxy) is 1. The Bertz CT molecular complexity index is 132. The summed E-state index contributed by atoms with van der Waals surface area (Å²) in [5.74, 6) is -0.867. The molecule has 0 spiro atoms. The Morgan fingerprint density at radius 2 is 2.30 bits per heavy atom. The van der Waals surface area contributed by atoms with E-state index in [0.717, 1.165) is 0 Å². The Kier molecular flexibility index (Phi) is 8.64. The summed E-state index contributed by atoms with van der Waals surface area (Å²) in [6, 6.07) is 0. The number of carbonyl (C=O) groups excluding carboxylic acids is 1. The molecule has 0 amide bonds. The van der Waals surface area contributed by atoms with Crippen LogP contribution in [0.2, 0.25) is 0 Å². The zero-order chi connectivity index (χ0) is 7.28. The third-order valence-corrected chi connectivity index (χ3v) is 0.567.